The predicted molar refractivity (Wildman–Crippen MR) is 93.6 cm³/mol. The Hall–Kier alpha value is -3.06. The second-order valence-electron chi connectivity index (χ2n) is 5.11. The molecule has 1 unspecified atom stereocenters. The number of primary amides is 1. The van der Waals surface area contributed by atoms with Crippen LogP contribution >= 0.6 is 0 Å². The van der Waals surface area contributed by atoms with Gasteiger partial charge in [0.05, 0.1) is 12.7 Å². The molecule has 2 rings (SSSR count). The van der Waals surface area contributed by atoms with Crippen LogP contribution < -0.4 is 16.2 Å². The van der Waals surface area contributed by atoms with E-state index >= 15 is 0 Å². The van der Waals surface area contributed by atoms with Crippen molar-refractivity contribution in [2.75, 3.05) is 13.7 Å². The Balaban J connectivity index is 0.000000257. The summed E-state index contributed by atoms with van der Waals surface area (Å²) in [6, 6.07) is 15.8. The second-order valence-corrected chi connectivity index (χ2v) is 5.11. The van der Waals surface area contributed by atoms with Gasteiger partial charge in [0.2, 0.25) is 0 Å². The van der Waals surface area contributed by atoms with E-state index in [1.165, 1.54) is 19.2 Å². The van der Waals surface area contributed by atoms with Crippen LogP contribution in [0.5, 0.6) is 5.75 Å². The summed E-state index contributed by atoms with van der Waals surface area (Å²) in [5.41, 5.74) is 11.9. The predicted octanol–water partition coefficient (Wildman–Crippen LogP) is 2.05. The Labute approximate surface area is 146 Å². The minimum Gasteiger partial charge on any atom is -0.497 e. The molecule has 0 aliphatic rings. The first-order chi connectivity index (χ1) is 11.9. The number of amides is 1. The Morgan fingerprint density at radius 1 is 1.08 bits per heavy atom. The number of ether oxygens (including phenoxy) is 2. The number of carboxylic acids is 1. The van der Waals surface area contributed by atoms with E-state index in [9.17, 15) is 9.59 Å². The van der Waals surface area contributed by atoms with Crippen molar-refractivity contribution in [2.24, 2.45) is 11.5 Å². The van der Waals surface area contributed by atoms with Gasteiger partial charge in [0.15, 0.2) is 0 Å². The van der Waals surface area contributed by atoms with Gasteiger partial charge in [0.25, 0.3) is 0 Å². The van der Waals surface area contributed by atoms with E-state index in [-0.39, 0.29) is 18.2 Å². The van der Waals surface area contributed by atoms with Gasteiger partial charge < -0.3 is 26.0 Å². The van der Waals surface area contributed by atoms with Crippen molar-refractivity contribution in [2.45, 2.75) is 12.5 Å². The lowest BCUT2D eigenvalue weighted by Gasteiger charge is -2.10. The van der Waals surface area contributed by atoms with Gasteiger partial charge in [-0.05, 0) is 36.2 Å². The number of carbonyl (C=O) groups is 2. The molecule has 0 saturated carbocycles. The Morgan fingerprint density at radius 2 is 1.68 bits per heavy atom. The Morgan fingerprint density at radius 3 is 2.16 bits per heavy atom. The summed E-state index contributed by atoms with van der Waals surface area (Å²) in [6.45, 7) is 0.157. The summed E-state index contributed by atoms with van der Waals surface area (Å²) in [7, 11) is 1.54. The van der Waals surface area contributed by atoms with Gasteiger partial charge >= 0.3 is 12.1 Å². The van der Waals surface area contributed by atoms with Crippen molar-refractivity contribution in [3.8, 4) is 5.75 Å². The fourth-order valence-electron chi connectivity index (χ4n) is 1.90. The third-order valence-corrected chi connectivity index (χ3v) is 3.12. The topological polar surface area (TPSA) is 125 Å². The van der Waals surface area contributed by atoms with E-state index in [2.05, 4.69) is 4.74 Å². The highest BCUT2D eigenvalue weighted by Gasteiger charge is 2.05. The van der Waals surface area contributed by atoms with Gasteiger partial charge in [-0.15, -0.1) is 0 Å². The Bertz CT molecular complexity index is 659. The molecule has 0 spiro atoms. The fraction of sp³-hybridized carbons (Fsp3) is 0.222. The summed E-state index contributed by atoms with van der Waals surface area (Å²) in [4.78, 5) is 20.7. The molecule has 7 nitrogen and oxygen atoms in total. The number of benzene rings is 2. The van der Waals surface area contributed by atoms with Gasteiger partial charge in [-0.1, -0.05) is 30.3 Å². The summed E-state index contributed by atoms with van der Waals surface area (Å²) in [6.07, 6.45) is -0.109. The van der Waals surface area contributed by atoms with Gasteiger partial charge in [0.1, 0.15) is 12.4 Å². The molecule has 1 atom stereocenters. The lowest BCUT2D eigenvalue weighted by atomic mass is 10.1. The van der Waals surface area contributed by atoms with E-state index < -0.39 is 12.1 Å². The highest BCUT2D eigenvalue weighted by atomic mass is 16.5. The summed E-state index contributed by atoms with van der Waals surface area (Å²) >= 11 is 0. The standard InChI is InChI=1S/C10H14N2O2.C8H8O3/c11-9(7-14-10(12)13)6-8-4-2-1-3-5-8;1-11-7-4-2-6(3-5-7)8(9)10/h1-5,9H,6-7,11H2,(H2,12,13);2-5H,1H3,(H,9,10). The molecule has 0 bridgehead atoms. The number of aromatic carboxylic acids is 1. The molecule has 0 aromatic heterocycles. The zero-order valence-corrected chi connectivity index (χ0v) is 13.9. The monoisotopic (exact) mass is 346 g/mol. The van der Waals surface area contributed by atoms with E-state index in [1.807, 2.05) is 30.3 Å². The van der Waals surface area contributed by atoms with Crippen LogP contribution in [0.1, 0.15) is 15.9 Å². The van der Waals surface area contributed by atoms with Gasteiger partial charge in [-0.3, -0.25) is 0 Å². The first kappa shape index (κ1) is 20.0. The molecule has 2 aromatic rings. The van der Waals surface area contributed by atoms with Crippen LogP contribution in [0.3, 0.4) is 0 Å². The maximum Gasteiger partial charge on any atom is 0.404 e. The normalized spacial score (nSPS) is 10.8. The summed E-state index contributed by atoms with van der Waals surface area (Å²) in [5.74, 6) is -0.261. The third kappa shape index (κ3) is 8.38. The fourth-order valence-corrected chi connectivity index (χ4v) is 1.90. The van der Waals surface area contributed by atoms with Crippen molar-refractivity contribution in [3.05, 3.63) is 65.7 Å². The van der Waals surface area contributed by atoms with Crippen molar-refractivity contribution in [1.82, 2.24) is 0 Å². The number of nitrogens with two attached hydrogens (primary N) is 2. The van der Waals surface area contributed by atoms with Crippen molar-refractivity contribution in [1.29, 1.82) is 0 Å². The molecule has 2 aromatic carbocycles. The number of rotatable bonds is 6. The van der Waals surface area contributed by atoms with E-state index in [0.29, 0.717) is 12.2 Å². The first-order valence-corrected chi connectivity index (χ1v) is 7.51. The molecule has 5 N–H and O–H groups in total. The summed E-state index contributed by atoms with van der Waals surface area (Å²) < 4.78 is 9.45. The first-order valence-electron chi connectivity index (χ1n) is 7.51. The van der Waals surface area contributed by atoms with E-state index in [4.69, 9.17) is 21.3 Å². The van der Waals surface area contributed by atoms with Crippen LogP contribution in [0.4, 0.5) is 4.79 Å². The van der Waals surface area contributed by atoms with Crippen molar-refractivity contribution < 1.29 is 24.2 Å². The molecule has 7 heteroatoms. The van der Waals surface area contributed by atoms with Crippen molar-refractivity contribution in [3.63, 3.8) is 0 Å². The molecule has 0 aliphatic heterocycles. The number of methoxy groups -OCH3 is 1. The smallest absolute Gasteiger partial charge is 0.404 e. The molecule has 134 valence electrons. The van der Waals surface area contributed by atoms with Crippen LogP contribution in [0.25, 0.3) is 0 Å². The minimum absolute atomic E-state index is 0.157. The van der Waals surface area contributed by atoms with Gasteiger partial charge in [-0.2, -0.15) is 0 Å². The zero-order valence-electron chi connectivity index (χ0n) is 13.9. The minimum atomic E-state index is -0.923. The second kappa shape index (κ2) is 10.7. The number of hydrogen-bond acceptors (Lipinski definition) is 5. The third-order valence-electron chi connectivity index (χ3n) is 3.12. The van der Waals surface area contributed by atoms with Crippen molar-refractivity contribution >= 4 is 12.1 Å². The van der Waals surface area contributed by atoms with Crippen LogP contribution in [-0.4, -0.2) is 36.9 Å². The zero-order chi connectivity index (χ0) is 18.7. The molecule has 0 heterocycles. The average molecular weight is 346 g/mol. The maximum atomic E-state index is 10.4. The molecule has 0 fully saturated rings. The van der Waals surface area contributed by atoms with E-state index in [0.717, 1.165) is 5.56 Å². The molecule has 25 heavy (non-hydrogen) atoms. The highest BCUT2D eigenvalue weighted by molar-refractivity contribution is 5.87. The maximum absolute atomic E-state index is 10.4. The molecule has 0 radical (unpaired) electrons. The Kier molecular flexibility index (Phi) is 8.53. The average Bonchev–Trinajstić information content (AvgIpc) is 2.61. The van der Waals surface area contributed by atoms with Crippen LogP contribution in [0.15, 0.2) is 54.6 Å². The SMILES string of the molecule is COc1ccc(C(=O)O)cc1.NC(=O)OCC(N)Cc1ccccc1. The number of hydrogen-bond donors (Lipinski definition) is 3. The molecular formula is C18H22N2O5. The molecular weight excluding hydrogens is 324 g/mol. The molecule has 0 aliphatic carbocycles. The lowest BCUT2D eigenvalue weighted by Crippen LogP contribution is -2.31. The van der Waals surface area contributed by atoms with Crippen LogP contribution in [0.2, 0.25) is 0 Å². The van der Waals surface area contributed by atoms with Crippen LogP contribution in [0, 0.1) is 0 Å². The quantitative estimate of drug-likeness (QED) is 0.735. The molecule has 1 amide bonds. The van der Waals surface area contributed by atoms with Gasteiger partial charge in [-0.25, -0.2) is 9.59 Å². The number of carboxylic acid groups (broad SMARTS) is 1. The largest absolute Gasteiger partial charge is 0.497 e. The summed E-state index contributed by atoms with van der Waals surface area (Å²) in [5, 5.41) is 8.51. The lowest BCUT2D eigenvalue weighted by molar-refractivity contribution is 0.0696. The van der Waals surface area contributed by atoms with Gasteiger partial charge in [0, 0.05) is 6.04 Å². The number of carbonyl (C=O) groups excluding carboxylic acids is 1. The van der Waals surface area contributed by atoms with E-state index in [1.54, 1.807) is 12.1 Å². The molecule has 0 saturated heterocycles. The van der Waals surface area contributed by atoms with Crippen LogP contribution in [-0.2, 0) is 11.2 Å². The highest BCUT2D eigenvalue weighted by Crippen LogP contribution is 2.10.